The minimum atomic E-state index is -0.405. The van der Waals surface area contributed by atoms with Crippen molar-refractivity contribution in [3.63, 3.8) is 0 Å². The summed E-state index contributed by atoms with van der Waals surface area (Å²) in [6.07, 6.45) is -0.0623. The van der Waals surface area contributed by atoms with E-state index in [1.165, 1.54) is 30.3 Å². The molecule has 0 aliphatic carbocycles. The van der Waals surface area contributed by atoms with Crippen molar-refractivity contribution in [2.45, 2.75) is 6.42 Å². The molecule has 7 heteroatoms. The molecule has 2 amide bonds. The lowest BCUT2D eigenvalue weighted by atomic mass is 10.2. The van der Waals surface area contributed by atoms with Crippen LogP contribution in [0.5, 0.6) is 0 Å². The molecule has 0 saturated heterocycles. The Hall–Kier alpha value is -2.86. The van der Waals surface area contributed by atoms with Crippen molar-refractivity contribution >= 4 is 29.1 Å². The molecule has 0 spiro atoms. The molecule has 0 aliphatic rings. The lowest BCUT2D eigenvalue weighted by Gasteiger charge is -2.11. The molecule has 0 saturated carbocycles. The molecule has 0 aliphatic heterocycles. The first-order valence-electron chi connectivity index (χ1n) is 6.99. The molecule has 0 heterocycles. The molecular weight excluding hydrogens is 333 g/mol. The van der Waals surface area contributed by atoms with E-state index in [9.17, 15) is 14.0 Å². The fraction of sp³-hybridized carbons (Fsp3) is 0.0588. The number of hydrogen-bond donors (Lipinski definition) is 3. The molecule has 0 aromatic heterocycles. The molecule has 2 aromatic rings. The summed E-state index contributed by atoms with van der Waals surface area (Å²) in [4.78, 5) is 23.7. The second-order valence-electron chi connectivity index (χ2n) is 4.92. The van der Waals surface area contributed by atoms with Gasteiger partial charge < -0.3 is 10.7 Å². The minimum Gasteiger partial charge on any atom is -0.326 e. The van der Waals surface area contributed by atoms with Gasteiger partial charge in [0.25, 0.3) is 5.91 Å². The third kappa shape index (κ3) is 5.40. The van der Waals surface area contributed by atoms with Crippen LogP contribution in [0.1, 0.15) is 16.8 Å². The van der Waals surface area contributed by atoms with Crippen LogP contribution in [0.3, 0.4) is 0 Å². The Morgan fingerprint density at radius 2 is 1.79 bits per heavy atom. The summed E-state index contributed by atoms with van der Waals surface area (Å²) in [5, 5.41) is 3.03. The third-order valence-electron chi connectivity index (χ3n) is 2.94. The van der Waals surface area contributed by atoms with Gasteiger partial charge in [0.2, 0.25) is 5.91 Å². The smallest absolute Gasteiger partial charge is 0.269 e. The van der Waals surface area contributed by atoms with E-state index in [0.29, 0.717) is 22.0 Å². The standard InChI is InChI=1S/C17H15ClFN3O2/c1-11(9-16(23)20-15-7-5-14(19)6-8-15)21-22-17(24)12-3-2-4-13(18)10-12/h2-8,10,21H,1,9H2,(H,20,23)(H,22,24). The van der Waals surface area contributed by atoms with Gasteiger partial charge in [-0.3, -0.25) is 15.0 Å². The predicted octanol–water partition coefficient (Wildman–Crippen LogP) is 3.26. The van der Waals surface area contributed by atoms with Crippen molar-refractivity contribution in [1.29, 1.82) is 0 Å². The summed E-state index contributed by atoms with van der Waals surface area (Å²) in [7, 11) is 0. The fourth-order valence-corrected chi connectivity index (χ4v) is 2.01. The van der Waals surface area contributed by atoms with Crippen LogP contribution in [-0.2, 0) is 4.79 Å². The molecular formula is C17H15ClFN3O2. The monoisotopic (exact) mass is 347 g/mol. The molecule has 0 bridgehead atoms. The first kappa shape index (κ1) is 17.5. The molecule has 24 heavy (non-hydrogen) atoms. The average Bonchev–Trinajstić information content (AvgIpc) is 2.54. The first-order chi connectivity index (χ1) is 11.4. The van der Waals surface area contributed by atoms with E-state index in [4.69, 9.17) is 11.6 Å². The number of halogens is 2. The Balaban J connectivity index is 1.79. The summed E-state index contributed by atoms with van der Waals surface area (Å²) in [6, 6.07) is 11.8. The number of rotatable bonds is 6. The van der Waals surface area contributed by atoms with E-state index in [2.05, 4.69) is 22.7 Å². The largest absolute Gasteiger partial charge is 0.326 e. The van der Waals surface area contributed by atoms with Gasteiger partial charge in [-0.1, -0.05) is 24.2 Å². The lowest BCUT2D eigenvalue weighted by molar-refractivity contribution is -0.115. The summed E-state index contributed by atoms with van der Waals surface area (Å²) < 4.78 is 12.8. The van der Waals surface area contributed by atoms with Gasteiger partial charge in [-0.25, -0.2) is 4.39 Å². The van der Waals surface area contributed by atoms with Crippen LogP contribution in [0.2, 0.25) is 5.02 Å². The van der Waals surface area contributed by atoms with Gasteiger partial charge in [-0.05, 0) is 42.5 Å². The van der Waals surface area contributed by atoms with Gasteiger partial charge in [-0.2, -0.15) is 0 Å². The zero-order valence-corrected chi connectivity index (χ0v) is 13.4. The minimum absolute atomic E-state index is 0.0623. The molecule has 5 nitrogen and oxygen atoms in total. The van der Waals surface area contributed by atoms with Crippen LogP contribution >= 0.6 is 11.6 Å². The highest BCUT2D eigenvalue weighted by atomic mass is 35.5. The quantitative estimate of drug-likeness (QED) is 0.702. The number of nitrogens with one attached hydrogen (secondary N) is 3. The Labute approximate surface area is 143 Å². The number of amides is 2. The summed E-state index contributed by atoms with van der Waals surface area (Å²) in [5.41, 5.74) is 6.13. The lowest BCUT2D eigenvalue weighted by Crippen LogP contribution is -2.37. The highest BCUT2D eigenvalue weighted by molar-refractivity contribution is 6.30. The van der Waals surface area contributed by atoms with Gasteiger partial charge in [0.05, 0.1) is 6.42 Å². The maximum atomic E-state index is 12.8. The normalized spacial score (nSPS) is 9.92. The average molecular weight is 348 g/mol. The van der Waals surface area contributed by atoms with Crippen LogP contribution in [0.25, 0.3) is 0 Å². The van der Waals surface area contributed by atoms with E-state index in [1.807, 2.05) is 0 Å². The van der Waals surface area contributed by atoms with Crippen LogP contribution in [0, 0.1) is 5.82 Å². The number of carbonyl (C=O) groups is 2. The van der Waals surface area contributed by atoms with Crippen molar-refractivity contribution in [3.8, 4) is 0 Å². The highest BCUT2D eigenvalue weighted by Gasteiger charge is 2.08. The molecule has 0 atom stereocenters. The number of hydrazine groups is 1. The second kappa shape index (κ2) is 8.12. The Morgan fingerprint density at radius 3 is 2.46 bits per heavy atom. The molecule has 124 valence electrons. The zero-order valence-electron chi connectivity index (χ0n) is 12.6. The van der Waals surface area contributed by atoms with Gasteiger partial charge in [-0.15, -0.1) is 0 Å². The first-order valence-corrected chi connectivity index (χ1v) is 7.37. The number of anilines is 1. The van der Waals surface area contributed by atoms with Crippen molar-refractivity contribution in [2.75, 3.05) is 5.32 Å². The van der Waals surface area contributed by atoms with E-state index < -0.39 is 5.91 Å². The van der Waals surface area contributed by atoms with E-state index in [0.717, 1.165) is 0 Å². The maximum absolute atomic E-state index is 12.8. The summed E-state index contributed by atoms with van der Waals surface area (Å²) in [6.45, 7) is 3.66. The van der Waals surface area contributed by atoms with Crippen LogP contribution in [-0.4, -0.2) is 11.8 Å². The Morgan fingerprint density at radius 1 is 1.08 bits per heavy atom. The van der Waals surface area contributed by atoms with Gasteiger partial charge in [0.1, 0.15) is 5.82 Å². The van der Waals surface area contributed by atoms with Crippen molar-refractivity contribution in [2.24, 2.45) is 0 Å². The molecule has 2 rings (SSSR count). The van der Waals surface area contributed by atoms with Crippen LogP contribution in [0.15, 0.2) is 60.8 Å². The molecule has 3 N–H and O–H groups in total. The molecule has 0 fully saturated rings. The molecule has 2 aromatic carbocycles. The SMILES string of the molecule is C=C(CC(=O)Nc1ccc(F)cc1)NNC(=O)c1cccc(Cl)c1. The second-order valence-corrected chi connectivity index (χ2v) is 5.36. The summed E-state index contributed by atoms with van der Waals surface area (Å²) >= 11 is 5.81. The molecule has 0 unspecified atom stereocenters. The van der Waals surface area contributed by atoms with Crippen molar-refractivity contribution < 1.29 is 14.0 Å². The number of carbonyl (C=O) groups excluding carboxylic acids is 2. The highest BCUT2D eigenvalue weighted by Crippen LogP contribution is 2.11. The topological polar surface area (TPSA) is 70.2 Å². The number of benzene rings is 2. The summed E-state index contributed by atoms with van der Waals surface area (Å²) in [5.74, 6) is -1.14. The third-order valence-corrected chi connectivity index (χ3v) is 3.18. The number of hydrogen-bond acceptors (Lipinski definition) is 3. The van der Waals surface area contributed by atoms with E-state index in [-0.39, 0.29) is 18.1 Å². The van der Waals surface area contributed by atoms with E-state index in [1.54, 1.807) is 18.2 Å². The van der Waals surface area contributed by atoms with Crippen molar-refractivity contribution in [3.05, 3.63) is 77.2 Å². The Bertz CT molecular complexity index is 763. The zero-order chi connectivity index (χ0) is 17.5. The fourth-order valence-electron chi connectivity index (χ4n) is 1.82. The Kier molecular flexibility index (Phi) is 5.92. The van der Waals surface area contributed by atoms with Gasteiger partial charge >= 0.3 is 0 Å². The van der Waals surface area contributed by atoms with Gasteiger partial charge in [0.15, 0.2) is 0 Å². The molecule has 0 radical (unpaired) electrons. The maximum Gasteiger partial charge on any atom is 0.269 e. The van der Waals surface area contributed by atoms with Crippen LogP contribution in [0.4, 0.5) is 10.1 Å². The van der Waals surface area contributed by atoms with Crippen LogP contribution < -0.4 is 16.2 Å². The van der Waals surface area contributed by atoms with Crippen molar-refractivity contribution in [1.82, 2.24) is 10.9 Å². The van der Waals surface area contributed by atoms with Gasteiger partial charge in [0, 0.05) is 22.0 Å². The van der Waals surface area contributed by atoms with E-state index >= 15 is 0 Å². The predicted molar refractivity (Wildman–Crippen MR) is 90.8 cm³/mol.